The average Bonchev–Trinajstić information content (AvgIpc) is 2.74. The zero-order valence-electron chi connectivity index (χ0n) is 10.9. The molecule has 0 radical (unpaired) electrons. The average molecular weight is 253 g/mol. The highest BCUT2D eigenvalue weighted by Gasteiger charge is 2.31. The highest BCUT2D eigenvalue weighted by molar-refractivity contribution is 5.93. The summed E-state index contributed by atoms with van der Waals surface area (Å²) < 4.78 is 0. The van der Waals surface area contributed by atoms with Crippen molar-refractivity contribution < 1.29 is 14.7 Å². The molecule has 3 N–H and O–H groups in total. The Hall–Kier alpha value is -1.85. The molecule has 1 amide bonds. The van der Waals surface area contributed by atoms with E-state index in [1.165, 1.54) is 0 Å². The summed E-state index contributed by atoms with van der Waals surface area (Å²) >= 11 is 0. The molecule has 0 aliphatic rings. The van der Waals surface area contributed by atoms with Crippen LogP contribution in [0.15, 0.2) is 6.07 Å². The first-order chi connectivity index (χ1) is 8.42. The number of aryl methyl sites for hydroxylation is 1. The number of aliphatic carboxylic acids is 1. The Kier molecular flexibility index (Phi) is 4.47. The van der Waals surface area contributed by atoms with Crippen molar-refractivity contribution in [3.8, 4) is 0 Å². The van der Waals surface area contributed by atoms with Crippen molar-refractivity contribution in [3.05, 3.63) is 17.5 Å². The van der Waals surface area contributed by atoms with E-state index in [9.17, 15) is 9.59 Å². The van der Waals surface area contributed by atoms with Crippen molar-refractivity contribution in [1.29, 1.82) is 0 Å². The van der Waals surface area contributed by atoms with Crippen LogP contribution in [0.25, 0.3) is 0 Å². The maximum Gasteiger partial charge on any atom is 0.305 e. The van der Waals surface area contributed by atoms with Crippen LogP contribution in [0.4, 0.5) is 0 Å². The van der Waals surface area contributed by atoms with Gasteiger partial charge in [-0.05, 0) is 25.8 Å². The Morgan fingerprint density at radius 1 is 1.44 bits per heavy atom. The molecule has 1 heterocycles. The van der Waals surface area contributed by atoms with Gasteiger partial charge in [0.2, 0.25) is 0 Å². The fourth-order valence-electron chi connectivity index (χ4n) is 1.85. The van der Waals surface area contributed by atoms with Crippen LogP contribution in [0, 0.1) is 6.92 Å². The van der Waals surface area contributed by atoms with Crippen molar-refractivity contribution >= 4 is 11.9 Å². The van der Waals surface area contributed by atoms with Gasteiger partial charge in [-0.1, -0.05) is 13.8 Å². The molecule has 1 rings (SSSR count). The van der Waals surface area contributed by atoms with Gasteiger partial charge in [0.15, 0.2) is 0 Å². The fraction of sp³-hybridized carbons (Fsp3) is 0.583. The molecule has 1 aromatic heterocycles. The molecule has 6 heteroatoms. The van der Waals surface area contributed by atoms with Crippen molar-refractivity contribution in [2.75, 3.05) is 0 Å². The van der Waals surface area contributed by atoms with E-state index in [1.54, 1.807) is 13.0 Å². The van der Waals surface area contributed by atoms with Gasteiger partial charge in [0, 0.05) is 5.69 Å². The van der Waals surface area contributed by atoms with Crippen LogP contribution < -0.4 is 5.32 Å². The number of amides is 1. The van der Waals surface area contributed by atoms with Gasteiger partial charge in [-0.3, -0.25) is 14.7 Å². The van der Waals surface area contributed by atoms with E-state index in [0.717, 1.165) is 5.69 Å². The summed E-state index contributed by atoms with van der Waals surface area (Å²) in [7, 11) is 0. The minimum absolute atomic E-state index is 0.0881. The van der Waals surface area contributed by atoms with Gasteiger partial charge in [-0.2, -0.15) is 5.10 Å². The molecule has 0 saturated heterocycles. The van der Waals surface area contributed by atoms with E-state index in [2.05, 4.69) is 15.5 Å². The summed E-state index contributed by atoms with van der Waals surface area (Å²) in [6, 6.07) is 1.63. The Labute approximate surface area is 106 Å². The number of carboxylic acids is 1. The quantitative estimate of drug-likeness (QED) is 0.715. The van der Waals surface area contributed by atoms with Crippen molar-refractivity contribution in [2.45, 2.75) is 45.6 Å². The summed E-state index contributed by atoms with van der Waals surface area (Å²) in [5, 5.41) is 18.3. The molecule has 0 saturated carbocycles. The van der Waals surface area contributed by atoms with Crippen LogP contribution in [0.5, 0.6) is 0 Å². The first-order valence-corrected chi connectivity index (χ1v) is 5.98. The van der Waals surface area contributed by atoms with E-state index in [1.807, 2.05) is 13.8 Å². The van der Waals surface area contributed by atoms with Crippen LogP contribution >= 0.6 is 0 Å². The van der Waals surface area contributed by atoms with E-state index in [4.69, 9.17) is 5.11 Å². The summed E-state index contributed by atoms with van der Waals surface area (Å²) in [4.78, 5) is 22.9. The second kappa shape index (κ2) is 5.66. The number of hydrogen-bond donors (Lipinski definition) is 3. The number of carboxylic acid groups (broad SMARTS) is 1. The topological polar surface area (TPSA) is 95.1 Å². The lowest BCUT2D eigenvalue weighted by molar-refractivity contribution is -0.138. The smallest absolute Gasteiger partial charge is 0.305 e. The summed E-state index contributed by atoms with van der Waals surface area (Å²) in [6.07, 6.45) is 1.03. The molecule has 0 unspecified atom stereocenters. The van der Waals surface area contributed by atoms with Gasteiger partial charge in [0.05, 0.1) is 12.0 Å². The Morgan fingerprint density at radius 2 is 2.06 bits per heavy atom. The van der Waals surface area contributed by atoms with Gasteiger partial charge in [-0.25, -0.2) is 0 Å². The minimum Gasteiger partial charge on any atom is -0.481 e. The number of nitrogens with zero attached hydrogens (tertiary/aromatic N) is 1. The first kappa shape index (κ1) is 14.2. The molecule has 1 aromatic rings. The van der Waals surface area contributed by atoms with Gasteiger partial charge >= 0.3 is 5.97 Å². The van der Waals surface area contributed by atoms with Crippen LogP contribution in [0.1, 0.15) is 49.3 Å². The van der Waals surface area contributed by atoms with Gasteiger partial charge in [-0.15, -0.1) is 0 Å². The molecule has 100 valence electrons. The summed E-state index contributed by atoms with van der Waals surface area (Å²) in [5.74, 6) is -1.26. The van der Waals surface area contributed by atoms with Gasteiger partial charge in [0.25, 0.3) is 5.91 Å². The highest BCUT2D eigenvalue weighted by Crippen LogP contribution is 2.20. The number of aromatic amines is 1. The van der Waals surface area contributed by atoms with Crippen molar-refractivity contribution in [1.82, 2.24) is 15.5 Å². The molecular formula is C12H19N3O3. The van der Waals surface area contributed by atoms with Crippen LogP contribution in [-0.2, 0) is 4.79 Å². The summed E-state index contributed by atoms with van der Waals surface area (Å²) in [6.45, 7) is 5.53. The van der Waals surface area contributed by atoms with Gasteiger partial charge < -0.3 is 10.4 Å². The lowest BCUT2D eigenvalue weighted by Crippen LogP contribution is -2.49. The zero-order chi connectivity index (χ0) is 13.8. The fourth-order valence-corrected chi connectivity index (χ4v) is 1.85. The lowest BCUT2D eigenvalue weighted by atomic mass is 9.89. The van der Waals surface area contributed by atoms with Crippen molar-refractivity contribution in [2.24, 2.45) is 0 Å². The number of nitrogens with one attached hydrogen (secondary N) is 2. The largest absolute Gasteiger partial charge is 0.481 e. The predicted molar refractivity (Wildman–Crippen MR) is 66.4 cm³/mol. The van der Waals surface area contributed by atoms with E-state index >= 15 is 0 Å². The lowest BCUT2D eigenvalue weighted by Gasteiger charge is -2.31. The Morgan fingerprint density at radius 3 is 2.44 bits per heavy atom. The molecule has 0 fully saturated rings. The highest BCUT2D eigenvalue weighted by atomic mass is 16.4. The molecule has 0 aromatic carbocycles. The monoisotopic (exact) mass is 253 g/mol. The van der Waals surface area contributed by atoms with E-state index < -0.39 is 11.5 Å². The number of rotatable bonds is 6. The van der Waals surface area contributed by atoms with Crippen LogP contribution in [0.3, 0.4) is 0 Å². The van der Waals surface area contributed by atoms with E-state index in [0.29, 0.717) is 12.8 Å². The number of carbonyl (C=O) groups is 2. The maximum absolute atomic E-state index is 12.0. The third kappa shape index (κ3) is 3.32. The third-order valence-corrected chi connectivity index (χ3v) is 3.16. The zero-order valence-corrected chi connectivity index (χ0v) is 10.9. The standard InChI is InChI=1S/C12H19N3O3/c1-4-12(5-2,7-10(16)17)13-11(18)9-6-8(3)14-15-9/h6H,4-5,7H2,1-3H3,(H,13,18)(H,14,15)(H,16,17). The number of carbonyl (C=O) groups excluding carboxylic acids is 1. The Balaban J connectivity index is 2.83. The number of hydrogen-bond acceptors (Lipinski definition) is 3. The maximum atomic E-state index is 12.0. The predicted octanol–water partition coefficient (Wildman–Crippen LogP) is 1.48. The first-order valence-electron chi connectivity index (χ1n) is 5.98. The molecule has 0 bridgehead atoms. The normalized spacial score (nSPS) is 11.3. The summed E-state index contributed by atoms with van der Waals surface area (Å²) in [5.41, 5.74) is 0.358. The van der Waals surface area contributed by atoms with E-state index in [-0.39, 0.29) is 18.0 Å². The van der Waals surface area contributed by atoms with Crippen LogP contribution in [-0.4, -0.2) is 32.7 Å². The molecular weight excluding hydrogens is 234 g/mol. The van der Waals surface area contributed by atoms with Gasteiger partial charge in [0.1, 0.15) is 5.69 Å². The third-order valence-electron chi connectivity index (χ3n) is 3.16. The number of aromatic nitrogens is 2. The number of H-pyrrole nitrogens is 1. The molecule has 0 aliphatic carbocycles. The molecule has 18 heavy (non-hydrogen) atoms. The van der Waals surface area contributed by atoms with Crippen molar-refractivity contribution in [3.63, 3.8) is 0 Å². The second-order valence-electron chi connectivity index (χ2n) is 4.45. The Bertz CT molecular complexity index is 436. The molecule has 0 spiro atoms. The molecule has 0 atom stereocenters. The van der Waals surface area contributed by atoms with Crippen LogP contribution in [0.2, 0.25) is 0 Å². The second-order valence-corrected chi connectivity index (χ2v) is 4.45. The minimum atomic E-state index is -0.919. The molecule has 6 nitrogen and oxygen atoms in total. The molecule has 0 aliphatic heterocycles. The SMILES string of the molecule is CCC(CC)(CC(=O)O)NC(=O)c1cc(C)[nH]n1.